The Hall–Kier alpha value is -1.69. The summed E-state index contributed by atoms with van der Waals surface area (Å²) in [7, 11) is 0. The average molecular weight is 173 g/mol. The maximum absolute atomic E-state index is 8.74. The highest BCUT2D eigenvalue weighted by molar-refractivity contribution is 5.76. The van der Waals surface area contributed by atoms with Gasteiger partial charge in [-0.3, -0.25) is 0 Å². The van der Waals surface area contributed by atoms with Crippen molar-refractivity contribution in [2.75, 3.05) is 23.4 Å². The number of fused-ring (bicyclic) bond motifs is 1. The van der Waals surface area contributed by atoms with Crippen LogP contribution in [0.25, 0.3) is 0 Å². The number of hydrogen-bond acceptors (Lipinski definition) is 3. The Balaban J connectivity index is 2.44. The molecule has 0 aliphatic carbocycles. The molecule has 1 aliphatic heterocycles. The standard InChI is InChI=1S/C10H11N3/c1-2-13-7-12-9-4-3-8(6-11)5-10(9)13/h3-5,12H,2,7H2,1H3. The Morgan fingerprint density at radius 1 is 1.62 bits per heavy atom. The van der Waals surface area contributed by atoms with E-state index in [0.29, 0.717) is 0 Å². The molecular formula is C10H11N3. The van der Waals surface area contributed by atoms with E-state index in [1.165, 1.54) is 0 Å². The van der Waals surface area contributed by atoms with Crippen LogP contribution in [0.5, 0.6) is 0 Å². The van der Waals surface area contributed by atoms with Gasteiger partial charge >= 0.3 is 0 Å². The lowest BCUT2D eigenvalue weighted by Gasteiger charge is -2.14. The third-order valence-electron chi connectivity index (χ3n) is 2.31. The molecule has 3 heteroatoms. The van der Waals surface area contributed by atoms with Gasteiger partial charge in [0.2, 0.25) is 0 Å². The monoisotopic (exact) mass is 173 g/mol. The Bertz CT molecular complexity index is 365. The van der Waals surface area contributed by atoms with Crippen LogP contribution < -0.4 is 10.2 Å². The van der Waals surface area contributed by atoms with E-state index in [-0.39, 0.29) is 0 Å². The van der Waals surface area contributed by atoms with E-state index in [1.54, 1.807) is 0 Å². The molecule has 13 heavy (non-hydrogen) atoms. The Kier molecular flexibility index (Phi) is 1.82. The lowest BCUT2D eigenvalue weighted by atomic mass is 10.2. The molecule has 1 aliphatic rings. The van der Waals surface area contributed by atoms with Crippen LogP contribution in [0.2, 0.25) is 0 Å². The van der Waals surface area contributed by atoms with Gasteiger partial charge in [0.25, 0.3) is 0 Å². The molecule has 1 aromatic carbocycles. The lowest BCUT2D eigenvalue weighted by Crippen LogP contribution is -2.21. The minimum Gasteiger partial charge on any atom is -0.366 e. The van der Waals surface area contributed by atoms with Crippen molar-refractivity contribution in [3.8, 4) is 6.07 Å². The van der Waals surface area contributed by atoms with Crippen LogP contribution in [0.1, 0.15) is 12.5 Å². The van der Waals surface area contributed by atoms with Crippen LogP contribution in [0.15, 0.2) is 18.2 Å². The molecule has 0 unspecified atom stereocenters. The van der Waals surface area contributed by atoms with Crippen molar-refractivity contribution in [2.45, 2.75) is 6.92 Å². The second-order valence-electron chi connectivity index (χ2n) is 3.03. The summed E-state index contributed by atoms with van der Waals surface area (Å²) in [5.41, 5.74) is 2.99. The van der Waals surface area contributed by atoms with Crippen LogP contribution in [-0.4, -0.2) is 13.2 Å². The van der Waals surface area contributed by atoms with Crippen molar-refractivity contribution in [1.82, 2.24) is 0 Å². The Morgan fingerprint density at radius 2 is 2.46 bits per heavy atom. The largest absolute Gasteiger partial charge is 0.366 e. The fourth-order valence-corrected chi connectivity index (χ4v) is 1.56. The first-order chi connectivity index (χ1) is 6.35. The summed E-state index contributed by atoms with van der Waals surface area (Å²) in [5, 5.41) is 12.0. The lowest BCUT2D eigenvalue weighted by molar-refractivity contribution is 0.911. The molecular weight excluding hydrogens is 162 g/mol. The molecule has 0 spiro atoms. The number of rotatable bonds is 1. The first kappa shape index (κ1) is 7.93. The van der Waals surface area contributed by atoms with Crippen LogP contribution in [-0.2, 0) is 0 Å². The summed E-state index contributed by atoms with van der Waals surface area (Å²) in [5.74, 6) is 0. The SMILES string of the molecule is CCN1CNc2ccc(C#N)cc21. The topological polar surface area (TPSA) is 39.1 Å². The van der Waals surface area contributed by atoms with Crippen molar-refractivity contribution < 1.29 is 0 Å². The van der Waals surface area contributed by atoms with E-state index in [2.05, 4.69) is 23.2 Å². The number of nitrogens with one attached hydrogen (secondary N) is 1. The van der Waals surface area contributed by atoms with Crippen molar-refractivity contribution >= 4 is 11.4 Å². The highest BCUT2D eigenvalue weighted by atomic mass is 15.3. The minimum atomic E-state index is 0.723. The van der Waals surface area contributed by atoms with Crippen molar-refractivity contribution in [3.05, 3.63) is 23.8 Å². The fraction of sp³-hybridized carbons (Fsp3) is 0.300. The summed E-state index contributed by atoms with van der Waals surface area (Å²) in [6.07, 6.45) is 0. The number of anilines is 2. The van der Waals surface area contributed by atoms with E-state index in [9.17, 15) is 0 Å². The normalized spacial score (nSPS) is 13.4. The second-order valence-corrected chi connectivity index (χ2v) is 3.03. The van der Waals surface area contributed by atoms with Crippen molar-refractivity contribution in [1.29, 1.82) is 5.26 Å². The molecule has 0 radical (unpaired) electrons. The van der Waals surface area contributed by atoms with Gasteiger partial charge in [-0.1, -0.05) is 0 Å². The highest BCUT2D eigenvalue weighted by Crippen LogP contribution is 2.31. The van der Waals surface area contributed by atoms with E-state index in [0.717, 1.165) is 30.2 Å². The van der Waals surface area contributed by atoms with Gasteiger partial charge in [-0.25, -0.2) is 0 Å². The van der Waals surface area contributed by atoms with Gasteiger partial charge in [-0.15, -0.1) is 0 Å². The molecule has 0 atom stereocenters. The second kappa shape index (κ2) is 2.98. The van der Waals surface area contributed by atoms with Crippen molar-refractivity contribution in [3.63, 3.8) is 0 Å². The first-order valence-corrected chi connectivity index (χ1v) is 4.38. The number of nitriles is 1. The molecule has 1 aromatic rings. The van der Waals surface area contributed by atoms with Crippen LogP contribution in [0.3, 0.4) is 0 Å². The van der Waals surface area contributed by atoms with Crippen LogP contribution in [0.4, 0.5) is 11.4 Å². The molecule has 0 amide bonds. The number of nitrogens with zero attached hydrogens (tertiary/aromatic N) is 2. The van der Waals surface area contributed by atoms with Gasteiger partial charge in [-0.05, 0) is 25.1 Å². The molecule has 0 bridgehead atoms. The minimum absolute atomic E-state index is 0.723. The third kappa shape index (κ3) is 1.20. The van der Waals surface area contributed by atoms with Gasteiger partial charge in [0, 0.05) is 6.54 Å². The molecule has 1 N–H and O–H groups in total. The quantitative estimate of drug-likeness (QED) is 0.703. The van der Waals surface area contributed by atoms with E-state index >= 15 is 0 Å². The zero-order valence-corrected chi connectivity index (χ0v) is 7.54. The molecule has 3 nitrogen and oxygen atoms in total. The predicted molar refractivity (Wildman–Crippen MR) is 52.7 cm³/mol. The fourth-order valence-electron chi connectivity index (χ4n) is 1.56. The highest BCUT2D eigenvalue weighted by Gasteiger charge is 2.16. The van der Waals surface area contributed by atoms with Crippen LogP contribution >= 0.6 is 0 Å². The molecule has 66 valence electrons. The summed E-state index contributed by atoms with van der Waals surface area (Å²) >= 11 is 0. The Morgan fingerprint density at radius 3 is 3.15 bits per heavy atom. The first-order valence-electron chi connectivity index (χ1n) is 4.38. The predicted octanol–water partition coefficient (Wildman–Crippen LogP) is 1.77. The molecule has 0 aromatic heterocycles. The maximum atomic E-state index is 8.74. The number of hydrogen-bond donors (Lipinski definition) is 1. The summed E-state index contributed by atoms with van der Waals surface area (Å²) in [4.78, 5) is 2.20. The molecule has 0 saturated heterocycles. The zero-order valence-electron chi connectivity index (χ0n) is 7.54. The maximum Gasteiger partial charge on any atom is 0.0992 e. The van der Waals surface area contributed by atoms with Gasteiger partial charge in [-0.2, -0.15) is 5.26 Å². The van der Waals surface area contributed by atoms with E-state index in [1.807, 2.05) is 18.2 Å². The van der Waals surface area contributed by atoms with Gasteiger partial charge < -0.3 is 10.2 Å². The van der Waals surface area contributed by atoms with E-state index in [4.69, 9.17) is 5.26 Å². The zero-order chi connectivity index (χ0) is 9.26. The molecule has 0 fully saturated rings. The smallest absolute Gasteiger partial charge is 0.0992 e. The van der Waals surface area contributed by atoms with E-state index < -0.39 is 0 Å². The molecule has 0 saturated carbocycles. The third-order valence-corrected chi connectivity index (χ3v) is 2.31. The van der Waals surface area contributed by atoms with Gasteiger partial charge in [0.1, 0.15) is 0 Å². The van der Waals surface area contributed by atoms with Crippen molar-refractivity contribution in [2.24, 2.45) is 0 Å². The summed E-state index contributed by atoms with van der Waals surface area (Å²) < 4.78 is 0. The van der Waals surface area contributed by atoms with Gasteiger partial charge in [0.15, 0.2) is 0 Å². The number of benzene rings is 1. The Labute approximate surface area is 77.6 Å². The van der Waals surface area contributed by atoms with Crippen LogP contribution in [0, 0.1) is 11.3 Å². The average Bonchev–Trinajstić information content (AvgIpc) is 2.59. The molecule has 1 heterocycles. The van der Waals surface area contributed by atoms with Gasteiger partial charge in [0.05, 0.1) is 29.7 Å². The summed E-state index contributed by atoms with van der Waals surface area (Å²) in [6, 6.07) is 7.88. The molecule has 2 rings (SSSR count). The summed E-state index contributed by atoms with van der Waals surface area (Å²) in [6.45, 7) is 3.92.